The molecule has 0 amide bonds. The summed E-state index contributed by atoms with van der Waals surface area (Å²) in [5, 5.41) is 10.0. The number of H-pyrrole nitrogens is 1. The molecule has 0 aliphatic heterocycles. The Labute approximate surface area is 210 Å². The zero-order valence-corrected chi connectivity index (χ0v) is 20.5. The number of imidazole rings is 1. The summed E-state index contributed by atoms with van der Waals surface area (Å²) in [6, 6.07) is 18.4. The molecular formula is C29H29N7. The van der Waals surface area contributed by atoms with E-state index in [2.05, 4.69) is 58.2 Å². The van der Waals surface area contributed by atoms with Gasteiger partial charge in [0.15, 0.2) is 5.65 Å². The Morgan fingerprint density at radius 1 is 1.08 bits per heavy atom. The molecule has 0 aliphatic carbocycles. The average Bonchev–Trinajstić information content (AvgIpc) is 3.53. The van der Waals surface area contributed by atoms with E-state index < -0.39 is 0 Å². The van der Waals surface area contributed by atoms with Crippen LogP contribution in [-0.4, -0.2) is 35.6 Å². The molecule has 180 valence electrons. The maximum atomic E-state index is 4.93. The first-order valence-electron chi connectivity index (χ1n) is 12.0. The fraction of sp³-hybridized carbons (Fsp3) is 0.172. The van der Waals surface area contributed by atoms with Crippen molar-refractivity contribution in [3.63, 3.8) is 0 Å². The largest absolute Gasteiger partial charge is 0.340 e. The van der Waals surface area contributed by atoms with Crippen molar-refractivity contribution in [3.05, 3.63) is 101 Å². The van der Waals surface area contributed by atoms with E-state index >= 15 is 0 Å². The standard InChI is InChI=1S/C29H29N7/c1-20-9-4-6-12-23(20)13-7-5-10-21(2)30-17-26-34-28(24-15-16-27-31-19-32-36(27)18-24)29(35-26)25-14-8-11-22(3)33-25/h4-9,11-16,18-19,21,30H,1,10,17H2,2-3H3,(H,34,35)/b7-5-,23-13-. The van der Waals surface area contributed by atoms with Crippen molar-refractivity contribution < 1.29 is 0 Å². The summed E-state index contributed by atoms with van der Waals surface area (Å²) in [6.07, 6.45) is 10.8. The van der Waals surface area contributed by atoms with Crippen LogP contribution in [0, 0.1) is 6.92 Å². The third-order valence-corrected chi connectivity index (χ3v) is 6.02. The molecule has 4 aromatic heterocycles. The minimum absolute atomic E-state index is 0.283. The third kappa shape index (κ3) is 5.31. The summed E-state index contributed by atoms with van der Waals surface area (Å²) in [5.74, 6) is 0.857. The van der Waals surface area contributed by atoms with Gasteiger partial charge in [0.05, 0.1) is 17.9 Å². The molecule has 0 spiro atoms. The Hall–Kier alpha value is -4.36. The van der Waals surface area contributed by atoms with Crippen LogP contribution in [-0.2, 0) is 6.54 Å². The molecule has 0 aliphatic rings. The molecule has 5 rings (SSSR count). The van der Waals surface area contributed by atoms with Gasteiger partial charge in [-0.15, -0.1) is 0 Å². The Balaban J connectivity index is 1.34. The van der Waals surface area contributed by atoms with E-state index in [1.807, 2.05) is 61.7 Å². The van der Waals surface area contributed by atoms with Crippen LogP contribution >= 0.6 is 0 Å². The molecule has 0 bridgehead atoms. The molecule has 36 heavy (non-hydrogen) atoms. The van der Waals surface area contributed by atoms with Gasteiger partial charge in [-0.25, -0.2) is 14.5 Å². The quantitative estimate of drug-likeness (QED) is 0.357. The highest BCUT2D eigenvalue weighted by molar-refractivity contribution is 5.77. The van der Waals surface area contributed by atoms with Crippen molar-refractivity contribution in [2.45, 2.75) is 32.9 Å². The number of pyridine rings is 2. The SMILES string of the molecule is C=c1cccc/c1=C/C=C\CC(C)NCc1nc(-c2cccc(C)n2)c(-c2ccc3ncnn3c2)[nH]1. The summed E-state index contributed by atoms with van der Waals surface area (Å²) < 4.78 is 1.76. The van der Waals surface area contributed by atoms with Crippen LogP contribution in [0.2, 0.25) is 0 Å². The smallest absolute Gasteiger partial charge is 0.155 e. The van der Waals surface area contributed by atoms with E-state index in [4.69, 9.17) is 9.97 Å². The van der Waals surface area contributed by atoms with Crippen LogP contribution in [0.4, 0.5) is 0 Å². The molecule has 1 atom stereocenters. The first-order valence-corrected chi connectivity index (χ1v) is 12.0. The second kappa shape index (κ2) is 10.5. The molecule has 2 N–H and O–H groups in total. The third-order valence-electron chi connectivity index (χ3n) is 6.02. The minimum Gasteiger partial charge on any atom is -0.340 e. The van der Waals surface area contributed by atoms with Gasteiger partial charge in [-0.2, -0.15) is 5.10 Å². The fourth-order valence-corrected chi connectivity index (χ4v) is 4.05. The number of fused-ring (bicyclic) bond motifs is 1. The van der Waals surface area contributed by atoms with Gasteiger partial charge in [0.2, 0.25) is 0 Å². The number of benzene rings is 1. The van der Waals surface area contributed by atoms with E-state index in [1.54, 1.807) is 10.8 Å². The molecule has 0 saturated carbocycles. The lowest BCUT2D eigenvalue weighted by Gasteiger charge is -2.09. The Morgan fingerprint density at radius 2 is 1.97 bits per heavy atom. The van der Waals surface area contributed by atoms with Gasteiger partial charge < -0.3 is 10.3 Å². The zero-order chi connectivity index (χ0) is 24.9. The van der Waals surface area contributed by atoms with Gasteiger partial charge in [-0.1, -0.05) is 55.1 Å². The highest BCUT2D eigenvalue weighted by atomic mass is 15.3. The lowest BCUT2D eigenvalue weighted by molar-refractivity contribution is 0.543. The number of aromatic nitrogens is 6. The maximum absolute atomic E-state index is 4.93. The molecule has 1 aromatic carbocycles. The van der Waals surface area contributed by atoms with Crippen LogP contribution in [0.15, 0.2) is 79.3 Å². The Bertz CT molecular complexity index is 1630. The van der Waals surface area contributed by atoms with Gasteiger partial charge in [-0.3, -0.25) is 4.98 Å². The number of hydrogen-bond donors (Lipinski definition) is 2. The van der Waals surface area contributed by atoms with Crippen LogP contribution in [0.3, 0.4) is 0 Å². The summed E-state index contributed by atoms with van der Waals surface area (Å²) in [5.41, 5.74) is 5.30. The number of rotatable bonds is 8. The van der Waals surface area contributed by atoms with Crippen LogP contribution in [0.5, 0.6) is 0 Å². The van der Waals surface area contributed by atoms with Gasteiger partial charge in [0, 0.05) is 23.5 Å². The molecule has 5 aromatic rings. The molecule has 0 radical (unpaired) electrons. The lowest BCUT2D eigenvalue weighted by Crippen LogP contribution is -2.25. The molecule has 1 unspecified atom stereocenters. The predicted octanol–water partition coefficient (Wildman–Crippen LogP) is 3.81. The molecular weight excluding hydrogens is 446 g/mol. The van der Waals surface area contributed by atoms with Gasteiger partial charge in [0.25, 0.3) is 0 Å². The molecule has 0 saturated heterocycles. The zero-order valence-electron chi connectivity index (χ0n) is 20.5. The lowest BCUT2D eigenvalue weighted by atomic mass is 10.1. The van der Waals surface area contributed by atoms with Crippen LogP contribution in [0.25, 0.3) is 40.9 Å². The Kier molecular flexibility index (Phi) is 6.82. The normalized spacial score (nSPS) is 13.1. The van der Waals surface area contributed by atoms with Crippen molar-refractivity contribution in [1.29, 1.82) is 0 Å². The average molecular weight is 476 g/mol. The van der Waals surface area contributed by atoms with Crippen molar-refractivity contribution >= 4 is 18.3 Å². The number of hydrogen-bond acceptors (Lipinski definition) is 5. The topological polar surface area (TPSA) is 83.8 Å². The maximum Gasteiger partial charge on any atom is 0.155 e. The van der Waals surface area contributed by atoms with Crippen molar-refractivity contribution in [1.82, 2.24) is 34.9 Å². The number of nitrogens with zero attached hydrogens (tertiary/aromatic N) is 5. The van der Waals surface area contributed by atoms with E-state index in [9.17, 15) is 0 Å². The van der Waals surface area contributed by atoms with E-state index in [-0.39, 0.29) is 6.04 Å². The summed E-state index contributed by atoms with van der Waals surface area (Å²) in [7, 11) is 0. The van der Waals surface area contributed by atoms with Gasteiger partial charge in [-0.05, 0) is 55.0 Å². The molecule has 0 fully saturated rings. The molecule has 4 heterocycles. The van der Waals surface area contributed by atoms with Gasteiger partial charge in [0.1, 0.15) is 17.8 Å². The first kappa shape index (κ1) is 23.4. The first-order chi connectivity index (χ1) is 17.6. The minimum atomic E-state index is 0.283. The Morgan fingerprint density at radius 3 is 2.83 bits per heavy atom. The highest BCUT2D eigenvalue weighted by Crippen LogP contribution is 2.29. The number of aryl methyl sites for hydroxylation is 1. The van der Waals surface area contributed by atoms with E-state index in [0.29, 0.717) is 6.54 Å². The number of allylic oxidation sites excluding steroid dienone is 1. The van der Waals surface area contributed by atoms with Crippen molar-refractivity contribution in [3.8, 4) is 22.6 Å². The fourth-order valence-electron chi connectivity index (χ4n) is 4.05. The second-order valence-electron chi connectivity index (χ2n) is 8.86. The summed E-state index contributed by atoms with van der Waals surface area (Å²) in [6.45, 7) is 8.84. The number of aromatic amines is 1. The highest BCUT2D eigenvalue weighted by Gasteiger charge is 2.16. The second-order valence-corrected chi connectivity index (χ2v) is 8.86. The van der Waals surface area contributed by atoms with E-state index in [0.717, 1.165) is 56.7 Å². The van der Waals surface area contributed by atoms with Crippen molar-refractivity contribution in [2.24, 2.45) is 0 Å². The predicted molar refractivity (Wildman–Crippen MR) is 144 cm³/mol. The molecule has 7 heteroatoms. The molecule has 7 nitrogen and oxygen atoms in total. The summed E-state index contributed by atoms with van der Waals surface area (Å²) in [4.78, 5) is 17.4. The van der Waals surface area contributed by atoms with E-state index in [1.165, 1.54) is 0 Å². The van der Waals surface area contributed by atoms with Crippen molar-refractivity contribution in [2.75, 3.05) is 0 Å². The number of nitrogens with one attached hydrogen (secondary N) is 2. The monoisotopic (exact) mass is 475 g/mol. The van der Waals surface area contributed by atoms with Crippen LogP contribution in [0.1, 0.15) is 24.9 Å². The summed E-state index contributed by atoms with van der Waals surface area (Å²) >= 11 is 0. The van der Waals surface area contributed by atoms with Gasteiger partial charge >= 0.3 is 0 Å². The van der Waals surface area contributed by atoms with Crippen LogP contribution < -0.4 is 15.8 Å².